The molecule has 0 spiro atoms. The van der Waals surface area contributed by atoms with Crippen LogP contribution in [-0.4, -0.2) is 34.5 Å². The lowest BCUT2D eigenvalue weighted by Gasteiger charge is -2.17. The largest absolute Gasteiger partial charge is 0.495 e. The van der Waals surface area contributed by atoms with Crippen LogP contribution in [0.25, 0.3) is 0 Å². The molecular formula is C18H17ClN2O6S. The molecule has 1 heterocycles. The Morgan fingerprint density at radius 3 is 2.14 bits per heavy atom. The minimum absolute atomic E-state index is 0.0648. The number of sulfonamides is 1. The summed E-state index contributed by atoms with van der Waals surface area (Å²) in [6, 6.07) is 8.50. The summed E-state index contributed by atoms with van der Waals surface area (Å²) in [5.41, 5.74) is 0.382. The fraction of sp³-hybridized carbons (Fsp3) is 0.222. The van der Waals surface area contributed by atoms with Gasteiger partial charge in [-0.15, -0.1) is 0 Å². The van der Waals surface area contributed by atoms with E-state index in [4.69, 9.17) is 21.1 Å². The zero-order chi connectivity index (χ0) is 20.5. The predicted octanol–water partition coefficient (Wildman–Crippen LogP) is 2.81. The summed E-state index contributed by atoms with van der Waals surface area (Å²) in [5, 5.41) is 0.233. The second kappa shape index (κ2) is 7.69. The van der Waals surface area contributed by atoms with E-state index in [0.717, 1.165) is 4.90 Å². The third kappa shape index (κ3) is 3.76. The summed E-state index contributed by atoms with van der Waals surface area (Å²) in [6.45, 7) is 0. The van der Waals surface area contributed by atoms with Crippen LogP contribution < -0.4 is 19.1 Å². The van der Waals surface area contributed by atoms with Crippen LogP contribution in [0.5, 0.6) is 11.5 Å². The number of methoxy groups -OCH3 is 2. The van der Waals surface area contributed by atoms with Crippen LogP contribution in [-0.2, 0) is 19.6 Å². The van der Waals surface area contributed by atoms with Crippen molar-refractivity contribution in [3.63, 3.8) is 0 Å². The minimum atomic E-state index is -4.10. The van der Waals surface area contributed by atoms with Crippen molar-refractivity contribution in [2.45, 2.75) is 17.7 Å². The first-order valence-electron chi connectivity index (χ1n) is 8.17. The highest BCUT2D eigenvalue weighted by atomic mass is 35.5. The molecule has 1 N–H and O–H groups in total. The zero-order valence-electron chi connectivity index (χ0n) is 15.1. The number of hydrogen-bond donors (Lipinski definition) is 1. The van der Waals surface area contributed by atoms with Crippen LogP contribution in [0.4, 0.5) is 11.4 Å². The highest BCUT2D eigenvalue weighted by Gasteiger charge is 2.32. The molecule has 148 valence electrons. The topological polar surface area (TPSA) is 102 Å². The predicted molar refractivity (Wildman–Crippen MR) is 104 cm³/mol. The van der Waals surface area contributed by atoms with Crippen molar-refractivity contribution in [3.05, 3.63) is 41.4 Å². The molecule has 1 saturated heterocycles. The highest BCUT2D eigenvalue weighted by molar-refractivity contribution is 7.92. The van der Waals surface area contributed by atoms with Gasteiger partial charge in [0.15, 0.2) is 0 Å². The number of hydrogen-bond acceptors (Lipinski definition) is 6. The molecule has 0 unspecified atom stereocenters. The zero-order valence-corrected chi connectivity index (χ0v) is 16.6. The van der Waals surface area contributed by atoms with Crippen LogP contribution in [0.3, 0.4) is 0 Å². The van der Waals surface area contributed by atoms with E-state index < -0.39 is 10.0 Å². The molecule has 2 amide bonds. The van der Waals surface area contributed by atoms with Crippen LogP contribution in [0.15, 0.2) is 41.3 Å². The first-order valence-corrected chi connectivity index (χ1v) is 10.0. The lowest BCUT2D eigenvalue weighted by Crippen LogP contribution is -2.28. The summed E-state index contributed by atoms with van der Waals surface area (Å²) < 4.78 is 38.4. The van der Waals surface area contributed by atoms with E-state index in [9.17, 15) is 18.0 Å². The first-order chi connectivity index (χ1) is 13.3. The number of rotatable bonds is 6. The van der Waals surface area contributed by atoms with Crippen LogP contribution in [0.1, 0.15) is 12.8 Å². The maximum absolute atomic E-state index is 12.9. The monoisotopic (exact) mass is 424 g/mol. The van der Waals surface area contributed by atoms with E-state index in [2.05, 4.69) is 4.72 Å². The maximum Gasteiger partial charge on any atom is 0.265 e. The third-order valence-electron chi connectivity index (χ3n) is 4.15. The number of carbonyl (C=O) groups is 2. The van der Waals surface area contributed by atoms with Crippen LogP contribution in [0.2, 0.25) is 5.02 Å². The van der Waals surface area contributed by atoms with E-state index >= 15 is 0 Å². The Morgan fingerprint density at radius 1 is 0.964 bits per heavy atom. The first kappa shape index (κ1) is 20.0. The molecule has 0 aliphatic carbocycles. The molecule has 0 atom stereocenters. The standard InChI is InChI=1S/C18H17ClN2O6S/c1-26-14-5-3-11(9-13(14)19)20-28(24,25)16-10-12(4-6-15(16)27-2)21-17(22)7-8-18(21)23/h3-6,9-10,20H,7-8H2,1-2H3. The quantitative estimate of drug-likeness (QED) is 0.715. The molecule has 2 aromatic carbocycles. The molecule has 0 radical (unpaired) electrons. The van der Waals surface area contributed by atoms with Crippen LogP contribution in [0, 0.1) is 0 Å². The van der Waals surface area contributed by atoms with Crippen molar-refractivity contribution >= 4 is 44.8 Å². The third-order valence-corrected chi connectivity index (χ3v) is 5.85. The fourth-order valence-corrected chi connectivity index (χ4v) is 4.32. The average Bonchev–Trinajstić information content (AvgIpc) is 2.99. The van der Waals surface area contributed by atoms with Gasteiger partial charge in [-0.25, -0.2) is 8.42 Å². The van der Waals surface area contributed by atoms with Gasteiger partial charge in [0.05, 0.1) is 30.6 Å². The minimum Gasteiger partial charge on any atom is -0.495 e. The number of anilines is 2. The number of carbonyl (C=O) groups excluding carboxylic acids is 2. The van der Waals surface area contributed by atoms with Gasteiger partial charge in [0, 0.05) is 12.8 Å². The van der Waals surface area contributed by atoms with E-state index in [1.807, 2.05) is 0 Å². The van der Waals surface area contributed by atoms with Gasteiger partial charge in [-0.1, -0.05) is 11.6 Å². The van der Waals surface area contributed by atoms with Gasteiger partial charge in [-0.2, -0.15) is 0 Å². The van der Waals surface area contributed by atoms with Gasteiger partial charge >= 0.3 is 0 Å². The Morgan fingerprint density at radius 2 is 1.57 bits per heavy atom. The number of amides is 2. The SMILES string of the molecule is COc1ccc(NS(=O)(=O)c2cc(N3C(=O)CCC3=O)ccc2OC)cc1Cl. The normalized spacial score (nSPS) is 14.3. The Balaban J connectivity index is 2.00. The second-order valence-corrected chi connectivity index (χ2v) is 7.97. The molecule has 0 bridgehead atoms. The fourth-order valence-electron chi connectivity index (χ4n) is 2.82. The summed E-state index contributed by atoms with van der Waals surface area (Å²) >= 11 is 6.04. The van der Waals surface area contributed by atoms with Gasteiger partial charge in [-0.05, 0) is 36.4 Å². The van der Waals surface area contributed by atoms with Crippen molar-refractivity contribution in [1.29, 1.82) is 0 Å². The molecule has 28 heavy (non-hydrogen) atoms. The smallest absolute Gasteiger partial charge is 0.265 e. The Hall–Kier alpha value is -2.78. The lowest BCUT2D eigenvalue weighted by atomic mass is 10.2. The van der Waals surface area contributed by atoms with Crippen molar-refractivity contribution in [2.75, 3.05) is 23.8 Å². The molecular weight excluding hydrogens is 408 g/mol. The van der Waals surface area contributed by atoms with E-state index in [-0.39, 0.29) is 51.7 Å². The average molecular weight is 425 g/mol. The van der Waals surface area contributed by atoms with Gasteiger partial charge < -0.3 is 9.47 Å². The van der Waals surface area contributed by atoms with E-state index in [1.54, 1.807) is 0 Å². The van der Waals surface area contributed by atoms with Crippen molar-refractivity contribution in [1.82, 2.24) is 0 Å². The summed E-state index contributed by atoms with van der Waals surface area (Å²) in [7, 11) is -1.33. The Bertz CT molecular complexity index is 1040. The van der Waals surface area contributed by atoms with Gasteiger partial charge in [-0.3, -0.25) is 19.2 Å². The molecule has 1 fully saturated rings. The van der Waals surface area contributed by atoms with Gasteiger partial charge in [0.2, 0.25) is 11.8 Å². The van der Waals surface area contributed by atoms with E-state index in [0.29, 0.717) is 5.75 Å². The molecule has 3 rings (SSSR count). The van der Waals surface area contributed by atoms with Crippen LogP contribution >= 0.6 is 11.6 Å². The number of ether oxygens (including phenoxy) is 2. The van der Waals surface area contributed by atoms with Crippen molar-refractivity contribution < 1.29 is 27.5 Å². The van der Waals surface area contributed by atoms with Gasteiger partial charge in [0.25, 0.3) is 10.0 Å². The molecule has 2 aromatic rings. The van der Waals surface area contributed by atoms with Crippen molar-refractivity contribution in [3.8, 4) is 11.5 Å². The number of halogens is 1. The highest BCUT2D eigenvalue weighted by Crippen LogP contribution is 2.33. The second-order valence-electron chi connectivity index (χ2n) is 5.91. The molecule has 0 saturated carbocycles. The summed E-state index contributed by atoms with van der Waals surface area (Å²) in [4.78, 5) is 24.7. The Kier molecular flexibility index (Phi) is 5.48. The molecule has 10 heteroatoms. The Labute approximate surface area is 167 Å². The van der Waals surface area contributed by atoms with Crippen molar-refractivity contribution in [2.24, 2.45) is 0 Å². The van der Waals surface area contributed by atoms with E-state index in [1.165, 1.54) is 50.6 Å². The number of nitrogens with zero attached hydrogens (tertiary/aromatic N) is 1. The molecule has 1 aliphatic rings. The molecule has 0 aromatic heterocycles. The molecule has 8 nitrogen and oxygen atoms in total. The summed E-state index contributed by atoms with van der Waals surface area (Å²) in [6.07, 6.45) is 0.186. The summed E-state index contributed by atoms with van der Waals surface area (Å²) in [5.74, 6) is -0.299. The number of benzene rings is 2. The molecule has 1 aliphatic heterocycles. The number of imide groups is 1. The lowest BCUT2D eigenvalue weighted by molar-refractivity contribution is -0.121. The van der Waals surface area contributed by atoms with Gasteiger partial charge in [0.1, 0.15) is 16.4 Å². The number of nitrogens with one attached hydrogen (secondary N) is 1. The maximum atomic E-state index is 12.9.